The van der Waals surface area contributed by atoms with E-state index >= 15 is 0 Å². The van der Waals surface area contributed by atoms with Gasteiger partial charge in [-0.05, 0) is 24.6 Å². The number of carbonyl (C=O) groups is 2. The third-order valence-corrected chi connectivity index (χ3v) is 3.72. The molecule has 0 fully saturated rings. The van der Waals surface area contributed by atoms with Crippen LogP contribution in [-0.2, 0) is 30.3 Å². The molecule has 25 heavy (non-hydrogen) atoms. The number of hydrogen-bond acceptors (Lipinski definition) is 7. The summed E-state index contributed by atoms with van der Waals surface area (Å²) in [5, 5.41) is 0. The van der Waals surface area contributed by atoms with Crippen LogP contribution in [0, 0.1) is 0 Å². The predicted molar refractivity (Wildman–Crippen MR) is 84.6 cm³/mol. The van der Waals surface area contributed by atoms with E-state index in [2.05, 4.69) is 0 Å². The molecule has 1 amide bonds. The zero-order chi connectivity index (χ0) is 17.6. The summed E-state index contributed by atoms with van der Waals surface area (Å²) in [4.78, 5) is 25.7. The Kier molecular flexibility index (Phi) is 5.27. The number of hydrogen-bond donors (Lipinski definition) is 0. The minimum Gasteiger partial charge on any atom is -0.493 e. The fraction of sp³-hybridized carbons (Fsp3) is 0.412. The Labute approximate surface area is 144 Å². The molecule has 0 saturated carbocycles. The Morgan fingerprint density at radius 1 is 1.16 bits per heavy atom. The number of rotatable bonds is 6. The van der Waals surface area contributed by atoms with E-state index in [9.17, 15) is 9.59 Å². The monoisotopic (exact) mass is 349 g/mol. The van der Waals surface area contributed by atoms with Crippen molar-refractivity contribution in [2.24, 2.45) is 0 Å². The second-order valence-corrected chi connectivity index (χ2v) is 5.37. The Hall–Kier alpha value is -2.90. The van der Waals surface area contributed by atoms with Crippen LogP contribution in [0.3, 0.4) is 0 Å². The van der Waals surface area contributed by atoms with E-state index in [0.717, 1.165) is 5.56 Å². The van der Waals surface area contributed by atoms with Crippen LogP contribution < -0.4 is 9.47 Å². The summed E-state index contributed by atoms with van der Waals surface area (Å²) in [6.07, 6.45) is 1.19. The Morgan fingerprint density at radius 3 is 2.76 bits per heavy atom. The van der Waals surface area contributed by atoms with Crippen LogP contribution in [0.5, 0.6) is 11.5 Å². The van der Waals surface area contributed by atoms with Crippen LogP contribution in [0.25, 0.3) is 0 Å². The first kappa shape index (κ1) is 16.9. The molecule has 0 aromatic heterocycles. The Morgan fingerprint density at radius 2 is 2.00 bits per heavy atom. The molecule has 0 N–H and O–H groups in total. The second kappa shape index (κ2) is 7.78. The molecule has 0 atom stereocenters. The van der Waals surface area contributed by atoms with Crippen LogP contribution in [0.1, 0.15) is 12.5 Å². The van der Waals surface area contributed by atoms with Crippen molar-refractivity contribution in [3.8, 4) is 11.5 Å². The van der Waals surface area contributed by atoms with Gasteiger partial charge in [0.05, 0.1) is 0 Å². The average Bonchev–Trinajstić information content (AvgIpc) is 3.12. The summed E-state index contributed by atoms with van der Waals surface area (Å²) < 4.78 is 25.7. The summed E-state index contributed by atoms with van der Waals surface area (Å²) in [5.41, 5.74) is 0.900. The number of nitrogens with zero attached hydrogens (tertiary/aromatic N) is 1. The first-order chi connectivity index (χ1) is 12.2. The van der Waals surface area contributed by atoms with E-state index in [4.69, 9.17) is 23.7 Å². The molecule has 2 aliphatic heterocycles. The van der Waals surface area contributed by atoms with Gasteiger partial charge in [-0.15, -0.1) is 0 Å². The summed E-state index contributed by atoms with van der Waals surface area (Å²) in [6, 6.07) is 5.51. The lowest BCUT2D eigenvalue weighted by molar-refractivity contribution is -0.152. The van der Waals surface area contributed by atoms with Gasteiger partial charge in [0.1, 0.15) is 19.5 Å². The van der Waals surface area contributed by atoms with Crippen LogP contribution >= 0.6 is 0 Å². The van der Waals surface area contributed by atoms with Crippen molar-refractivity contribution >= 4 is 11.9 Å². The van der Waals surface area contributed by atoms with Crippen LogP contribution in [0.4, 0.5) is 0 Å². The van der Waals surface area contributed by atoms with E-state index in [1.54, 1.807) is 4.90 Å². The van der Waals surface area contributed by atoms with Crippen molar-refractivity contribution in [2.45, 2.75) is 13.5 Å². The molecule has 2 aliphatic rings. The smallest absolute Gasteiger partial charge is 0.377 e. The molecular weight excluding hydrogens is 330 g/mol. The van der Waals surface area contributed by atoms with Crippen molar-refractivity contribution in [1.82, 2.24) is 4.90 Å². The van der Waals surface area contributed by atoms with Crippen molar-refractivity contribution in [3.63, 3.8) is 0 Å². The maximum Gasteiger partial charge on any atom is 0.377 e. The van der Waals surface area contributed by atoms with Crippen molar-refractivity contribution < 1.29 is 33.3 Å². The number of carbonyl (C=O) groups excluding carboxylic acids is 2. The van der Waals surface area contributed by atoms with E-state index in [0.29, 0.717) is 31.2 Å². The molecule has 0 unspecified atom stereocenters. The molecule has 3 rings (SSSR count). The maximum absolute atomic E-state index is 12.3. The van der Waals surface area contributed by atoms with Crippen LogP contribution in [0.15, 0.2) is 30.2 Å². The zero-order valence-corrected chi connectivity index (χ0v) is 13.9. The van der Waals surface area contributed by atoms with E-state index in [-0.39, 0.29) is 31.7 Å². The molecule has 8 nitrogen and oxygen atoms in total. The lowest BCUT2D eigenvalue weighted by atomic mass is 10.2. The molecule has 1 aromatic rings. The van der Waals surface area contributed by atoms with Gasteiger partial charge in [-0.2, -0.15) is 0 Å². The van der Waals surface area contributed by atoms with E-state index < -0.39 is 5.97 Å². The van der Waals surface area contributed by atoms with Gasteiger partial charge < -0.3 is 28.6 Å². The highest BCUT2D eigenvalue weighted by molar-refractivity contribution is 5.88. The van der Waals surface area contributed by atoms with Gasteiger partial charge in [0.15, 0.2) is 18.1 Å². The van der Waals surface area contributed by atoms with Gasteiger partial charge in [0.25, 0.3) is 5.91 Å². The third-order valence-electron chi connectivity index (χ3n) is 3.72. The normalized spacial score (nSPS) is 14.8. The lowest BCUT2D eigenvalue weighted by Crippen LogP contribution is -2.34. The van der Waals surface area contributed by atoms with Crippen LogP contribution in [-0.4, -0.2) is 49.9 Å². The van der Waals surface area contributed by atoms with Gasteiger partial charge in [-0.3, -0.25) is 4.79 Å². The van der Waals surface area contributed by atoms with Gasteiger partial charge in [-0.25, -0.2) is 4.79 Å². The summed E-state index contributed by atoms with van der Waals surface area (Å²) in [5.74, 6) is 0.305. The highest BCUT2D eigenvalue weighted by Gasteiger charge is 2.21. The topological polar surface area (TPSA) is 83.5 Å². The molecule has 0 radical (unpaired) electrons. The van der Waals surface area contributed by atoms with Crippen molar-refractivity contribution in [3.05, 3.63) is 35.8 Å². The minimum absolute atomic E-state index is 0.0298. The van der Waals surface area contributed by atoms with E-state index in [1.807, 2.05) is 25.1 Å². The van der Waals surface area contributed by atoms with Gasteiger partial charge in [0.2, 0.25) is 12.6 Å². The third kappa shape index (κ3) is 4.14. The number of likely N-dealkylation sites (N-methyl/N-ethyl adjacent to an activating group) is 1. The fourth-order valence-electron chi connectivity index (χ4n) is 2.40. The number of benzene rings is 1. The summed E-state index contributed by atoms with van der Waals surface area (Å²) >= 11 is 0. The Bertz CT molecular complexity index is 686. The molecule has 0 aliphatic carbocycles. The molecule has 8 heteroatoms. The standard InChI is InChI=1S/C17H19NO7/c1-2-18(8-12-3-4-13-14(7-12)25-11-24-13)16(19)10-23-17(20)15-9-21-5-6-22-15/h3-4,7,9H,2,5-6,8,10-11H2,1H3. The quantitative estimate of drug-likeness (QED) is 0.714. The molecule has 2 heterocycles. The largest absolute Gasteiger partial charge is 0.493 e. The molecule has 0 spiro atoms. The maximum atomic E-state index is 12.3. The number of amides is 1. The zero-order valence-electron chi connectivity index (χ0n) is 13.9. The molecule has 0 saturated heterocycles. The SMILES string of the molecule is CCN(Cc1ccc2c(c1)OCO2)C(=O)COC(=O)C1=COCCO1. The summed E-state index contributed by atoms with van der Waals surface area (Å²) in [7, 11) is 0. The fourth-order valence-corrected chi connectivity index (χ4v) is 2.40. The molecule has 1 aromatic carbocycles. The van der Waals surface area contributed by atoms with Gasteiger partial charge in [-0.1, -0.05) is 6.07 Å². The number of ether oxygens (including phenoxy) is 5. The first-order valence-corrected chi connectivity index (χ1v) is 7.95. The summed E-state index contributed by atoms with van der Waals surface area (Å²) in [6.45, 7) is 3.21. The van der Waals surface area contributed by atoms with E-state index in [1.165, 1.54) is 6.26 Å². The van der Waals surface area contributed by atoms with Crippen LogP contribution in [0.2, 0.25) is 0 Å². The molecule has 0 bridgehead atoms. The highest BCUT2D eigenvalue weighted by Crippen LogP contribution is 2.32. The van der Waals surface area contributed by atoms with Gasteiger partial charge in [0, 0.05) is 13.1 Å². The highest BCUT2D eigenvalue weighted by atomic mass is 16.7. The Balaban J connectivity index is 1.54. The average molecular weight is 349 g/mol. The number of esters is 1. The number of fused-ring (bicyclic) bond motifs is 1. The minimum atomic E-state index is -0.716. The predicted octanol–water partition coefficient (Wildman–Crippen LogP) is 1.20. The lowest BCUT2D eigenvalue weighted by Gasteiger charge is -2.21. The van der Waals surface area contributed by atoms with Crippen molar-refractivity contribution in [1.29, 1.82) is 0 Å². The molecular formula is C17H19NO7. The molecule has 134 valence electrons. The van der Waals surface area contributed by atoms with Gasteiger partial charge >= 0.3 is 5.97 Å². The van der Waals surface area contributed by atoms with Crippen molar-refractivity contribution in [2.75, 3.05) is 33.2 Å². The first-order valence-electron chi connectivity index (χ1n) is 7.95. The second-order valence-electron chi connectivity index (χ2n) is 5.37.